The topological polar surface area (TPSA) is 79.5 Å². The first-order valence-electron chi connectivity index (χ1n) is 6.09. The van der Waals surface area contributed by atoms with Crippen LogP contribution in [-0.2, 0) is 4.79 Å². The lowest BCUT2D eigenvalue weighted by Gasteiger charge is -2.16. The zero-order valence-corrected chi connectivity index (χ0v) is 10.5. The molecule has 1 aliphatic rings. The molecule has 2 atom stereocenters. The standard InChI is InChI=1S/C13H17NO4/c1-7-6-8(2)18-11(7)12(15)14-10-5-3-4-9(10)13(16)17/h6,9-10H,3-5H2,1-2H3,(H,14,15)(H,16,17)/t9-,10+/m0/s1. The first-order chi connectivity index (χ1) is 8.49. The van der Waals surface area contributed by atoms with Gasteiger partial charge in [-0.15, -0.1) is 0 Å². The summed E-state index contributed by atoms with van der Waals surface area (Å²) < 4.78 is 5.32. The average molecular weight is 251 g/mol. The van der Waals surface area contributed by atoms with E-state index in [4.69, 9.17) is 9.52 Å². The number of rotatable bonds is 3. The molecule has 1 aromatic heterocycles. The predicted octanol–water partition coefficient (Wildman–Crippen LogP) is 1.88. The summed E-state index contributed by atoms with van der Waals surface area (Å²) in [4.78, 5) is 23.0. The van der Waals surface area contributed by atoms with Crippen LogP contribution in [0.3, 0.4) is 0 Å². The number of aryl methyl sites for hydroxylation is 2. The minimum Gasteiger partial charge on any atom is -0.481 e. The molecule has 0 saturated heterocycles. The van der Waals surface area contributed by atoms with Gasteiger partial charge in [0, 0.05) is 11.6 Å². The van der Waals surface area contributed by atoms with Crippen molar-refractivity contribution in [2.24, 2.45) is 5.92 Å². The van der Waals surface area contributed by atoms with Gasteiger partial charge in [0.25, 0.3) is 5.91 Å². The fraction of sp³-hybridized carbons (Fsp3) is 0.538. The number of furan rings is 1. The summed E-state index contributed by atoms with van der Waals surface area (Å²) in [7, 11) is 0. The Labute approximate surface area is 105 Å². The third-order valence-electron chi connectivity index (χ3n) is 3.40. The SMILES string of the molecule is Cc1cc(C)c(C(=O)N[C@@H]2CCC[C@@H]2C(=O)O)o1. The summed E-state index contributed by atoms with van der Waals surface area (Å²) in [6, 6.07) is 1.50. The number of carbonyl (C=O) groups is 2. The molecule has 0 aromatic carbocycles. The van der Waals surface area contributed by atoms with Crippen LogP contribution in [0.4, 0.5) is 0 Å². The molecular weight excluding hydrogens is 234 g/mol. The second-order valence-electron chi connectivity index (χ2n) is 4.82. The van der Waals surface area contributed by atoms with Crippen molar-refractivity contribution in [3.63, 3.8) is 0 Å². The number of nitrogens with one attached hydrogen (secondary N) is 1. The van der Waals surface area contributed by atoms with E-state index in [1.54, 1.807) is 19.9 Å². The molecule has 1 amide bonds. The molecule has 1 heterocycles. The second-order valence-corrected chi connectivity index (χ2v) is 4.82. The van der Waals surface area contributed by atoms with Gasteiger partial charge in [0.2, 0.25) is 0 Å². The van der Waals surface area contributed by atoms with E-state index in [1.165, 1.54) is 0 Å². The summed E-state index contributed by atoms with van der Waals surface area (Å²) in [6.45, 7) is 3.58. The van der Waals surface area contributed by atoms with Crippen molar-refractivity contribution < 1.29 is 19.1 Å². The van der Waals surface area contributed by atoms with Gasteiger partial charge in [-0.3, -0.25) is 9.59 Å². The molecule has 98 valence electrons. The number of carboxylic acid groups (broad SMARTS) is 1. The van der Waals surface area contributed by atoms with E-state index in [9.17, 15) is 9.59 Å². The van der Waals surface area contributed by atoms with Gasteiger partial charge < -0.3 is 14.8 Å². The minimum absolute atomic E-state index is 0.281. The van der Waals surface area contributed by atoms with Gasteiger partial charge in [-0.25, -0.2) is 0 Å². The Balaban J connectivity index is 2.07. The van der Waals surface area contributed by atoms with Crippen LogP contribution in [0.25, 0.3) is 0 Å². The zero-order valence-electron chi connectivity index (χ0n) is 10.5. The van der Waals surface area contributed by atoms with Crippen molar-refractivity contribution in [1.29, 1.82) is 0 Å². The van der Waals surface area contributed by atoms with Crippen molar-refractivity contribution in [3.05, 3.63) is 23.2 Å². The van der Waals surface area contributed by atoms with E-state index in [0.29, 0.717) is 18.6 Å². The molecule has 5 nitrogen and oxygen atoms in total. The zero-order chi connectivity index (χ0) is 13.3. The fourth-order valence-corrected chi connectivity index (χ4v) is 2.53. The van der Waals surface area contributed by atoms with Gasteiger partial charge >= 0.3 is 5.97 Å². The maximum atomic E-state index is 12.0. The van der Waals surface area contributed by atoms with E-state index >= 15 is 0 Å². The summed E-state index contributed by atoms with van der Waals surface area (Å²) in [5.74, 6) is -0.684. The van der Waals surface area contributed by atoms with Crippen LogP contribution in [0.1, 0.15) is 41.1 Å². The van der Waals surface area contributed by atoms with Crippen molar-refractivity contribution in [2.75, 3.05) is 0 Å². The van der Waals surface area contributed by atoms with E-state index in [2.05, 4.69) is 5.32 Å². The molecule has 5 heteroatoms. The Kier molecular flexibility index (Phi) is 3.41. The van der Waals surface area contributed by atoms with Gasteiger partial charge in [-0.05, 0) is 32.8 Å². The highest BCUT2D eigenvalue weighted by molar-refractivity contribution is 5.93. The number of amides is 1. The lowest BCUT2D eigenvalue weighted by atomic mass is 10.0. The van der Waals surface area contributed by atoms with Crippen LogP contribution in [0, 0.1) is 19.8 Å². The molecule has 1 saturated carbocycles. The van der Waals surface area contributed by atoms with E-state index < -0.39 is 11.9 Å². The van der Waals surface area contributed by atoms with Crippen molar-refractivity contribution in [3.8, 4) is 0 Å². The molecule has 2 N–H and O–H groups in total. The Hall–Kier alpha value is -1.78. The number of hydrogen-bond acceptors (Lipinski definition) is 3. The Morgan fingerprint density at radius 1 is 1.39 bits per heavy atom. The third-order valence-corrected chi connectivity index (χ3v) is 3.40. The molecule has 0 bridgehead atoms. The number of aliphatic carboxylic acids is 1. The highest BCUT2D eigenvalue weighted by Crippen LogP contribution is 2.26. The quantitative estimate of drug-likeness (QED) is 0.859. The summed E-state index contributed by atoms with van der Waals surface area (Å²) in [6.07, 6.45) is 2.16. The van der Waals surface area contributed by atoms with E-state index in [-0.39, 0.29) is 17.7 Å². The predicted molar refractivity (Wildman–Crippen MR) is 64.4 cm³/mol. The highest BCUT2D eigenvalue weighted by Gasteiger charge is 2.34. The van der Waals surface area contributed by atoms with Crippen LogP contribution in [0.2, 0.25) is 0 Å². The molecular formula is C13H17NO4. The van der Waals surface area contributed by atoms with Crippen LogP contribution in [0.5, 0.6) is 0 Å². The first-order valence-corrected chi connectivity index (χ1v) is 6.09. The number of hydrogen-bond donors (Lipinski definition) is 2. The molecule has 0 spiro atoms. The molecule has 0 radical (unpaired) electrons. The molecule has 1 aliphatic carbocycles. The fourth-order valence-electron chi connectivity index (χ4n) is 2.53. The molecule has 1 aromatic rings. The van der Waals surface area contributed by atoms with Crippen LogP contribution in [-0.4, -0.2) is 23.0 Å². The Bertz CT molecular complexity index is 477. The smallest absolute Gasteiger partial charge is 0.308 e. The van der Waals surface area contributed by atoms with Gasteiger partial charge in [-0.1, -0.05) is 6.42 Å². The molecule has 1 fully saturated rings. The van der Waals surface area contributed by atoms with Gasteiger partial charge in [0.05, 0.1) is 5.92 Å². The van der Waals surface area contributed by atoms with E-state index in [1.807, 2.05) is 0 Å². The van der Waals surface area contributed by atoms with Gasteiger partial charge in [0.15, 0.2) is 5.76 Å². The molecule has 2 rings (SSSR count). The van der Waals surface area contributed by atoms with Crippen molar-refractivity contribution in [1.82, 2.24) is 5.32 Å². The molecule has 0 aliphatic heterocycles. The molecule has 0 unspecified atom stereocenters. The summed E-state index contributed by atoms with van der Waals surface area (Å²) >= 11 is 0. The van der Waals surface area contributed by atoms with Crippen molar-refractivity contribution in [2.45, 2.75) is 39.2 Å². The number of carbonyl (C=O) groups excluding carboxylic acids is 1. The lowest BCUT2D eigenvalue weighted by molar-refractivity contribution is -0.142. The maximum Gasteiger partial charge on any atom is 0.308 e. The third kappa shape index (κ3) is 2.39. The molecule has 18 heavy (non-hydrogen) atoms. The Morgan fingerprint density at radius 3 is 2.67 bits per heavy atom. The van der Waals surface area contributed by atoms with Crippen LogP contribution < -0.4 is 5.32 Å². The van der Waals surface area contributed by atoms with Gasteiger partial charge in [0.1, 0.15) is 5.76 Å². The van der Waals surface area contributed by atoms with E-state index in [0.717, 1.165) is 12.0 Å². The summed E-state index contributed by atoms with van der Waals surface area (Å²) in [5, 5.41) is 11.8. The monoisotopic (exact) mass is 251 g/mol. The lowest BCUT2D eigenvalue weighted by Crippen LogP contribution is -2.40. The van der Waals surface area contributed by atoms with Gasteiger partial charge in [-0.2, -0.15) is 0 Å². The second kappa shape index (κ2) is 4.84. The number of carboxylic acids is 1. The normalized spacial score (nSPS) is 23.0. The summed E-state index contributed by atoms with van der Waals surface area (Å²) in [5.41, 5.74) is 0.773. The van der Waals surface area contributed by atoms with Crippen LogP contribution >= 0.6 is 0 Å². The average Bonchev–Trinajstić information content (AvgIpc) is 2.85. The maximum absolute atomic E-state index is 12.0. The van der Waals surface area contributed by atoms with Crippen molar-refractivity contribution >= 4 is 11.9 Å². The first kappa shape index (κ1) is 12.7. The highest BCUT2D eigenvalue weighted by atomic mass is 16.4. The Morgan fingerprint density at radius 2 is 2.11 bits per heavy atom. The minimum atomic E-state index is -0.842. The van der Waals surface area contributed by atoms with Crippen LogP contribution in [0.15, 0.2) is 10.5 Å². The largest absolute Gasteiger partial charge is 0.481 e.